The predicted molar refractivity (Wildman–Crippen MR) is 67.7 cm³/mol. The van der Waals surface area contributed by atoms with Crippen molar-refractivity contribution in [1.82, 2.24) is 9.97 Å². The van der Waals surface area contributed by atoms with E-state index in [1.807, 2.05) is 0 Å². The number of nitro benzene ring substituents is 1. The number of hydrogen-bond donors (Lipinski definition) is 2. The second kappa shape index (κ2) is 5.77. The lowest BCUT2D eigenvalue weighted by molar-refractivity contribution is -0.387. The van der Waals surface area contributed by atoms with Gasteiger partial charge in [0.15, 0.2) is 5.84 Å². The third-order valence-corrected chi connectivity index (χ3v) is 2.34. The Morgan fingerprint density at radius 2 is 2.19 bits per heavy atom. The predicted octanol–water partition coefficient (Wildman–Crippen LogP) is 1.41. The van der Waals surface area contributed by atoms with Crippen LogP contribution in [0.4, 0.5) is 10.1 Å². The van der Waals surface area contributed by atoms with Crippen molar-refractivity contribution in [2.45, 2.75) is 0 Å². The minimum Gasteiger partial charge on any atom is -0.437 e. The van der Waals surface area contributed by atoms with Crippen LogP contribution in [0.3, 0.4) is 0 Å². The number of hydrogen-bond acceptors (Lipinski definition) is 7. The molecule has 0 saturated carbocycles. The van der Waals surface area contributed by atoms with Crippen LogP contribution in [-0.2, 0) is 0 Å². The zero-order valence-corrected chi connectivity index (χ0v) is 10.3. The normalized spacial score (nSPS) is 11.2. The van der Waals surface area contributed by atoms with Gasteiger partial charge in [0.1, 0.15) is 11.4 Å². The van der Waals surface area contributed by atoms with Gasteiger partial charge < -0.3 is 15.7 Å². The van der Waals surface area contributed by atoms with Gasteiger partial charge in [0.2, 0.25) is 11.7 Å². The monoisotopic (exact) mass is 293 g/mol. The Bertz CT molecular complexity index is 704. The van der Waals surface area contributed by atoms with E-state index in [0.29, 0.717) is 0 Å². The molecule has 2 rings (SSSR count). The van der Waals surface area contributed by atoms with E-state index in [1.165, 1.54) is 18.5 Å². The molecule has 0 radical (unpaired) electrons. The lowest BCUT2D eigenvalue weighted by Crippen LogP contribution is -2.15. The summed E-state index contributed by atoms with van der Waals surface area (Å²) in [6, 6.07) is 3.06. The molecular formula is C11H8FN5O4. The van der Waals surface area contributed by atoms with E-state index >= 15 is 0 Å². The maximum absolute atomic E-state index is 13.4. The zero-order chi connectivity index (χ0) is 15.4. The third kappa shape index (κ3) is 3.18. The number of nitrogens with zero attached hydrogens (tertiary/aromatic N) is 4. The highest BCUT2D eigenvalue weighted by Crippen LogP contribution is 2.25. The van der Waals surface area contributed by atoms with Gasteiger partial charge in [-0.25, -0.2) is 9.97 Å². The molecule has 0 atom stereocenters. The van der Waals surface area contributed by atoms with Gasteiger partial charge in [0.05, 0.1) is 17.3 Å². The van der Waals surface area contributed by atoms with E-state index in [2.05, 4.69) is 15.1 Å². The first-order valence-corrected chi connectivity index (χ1v) is 5.43. The van der Waals surface area contributed by atoms with Crippen LogP contribution in [0.5, 0.6) is 11.6 Å². The van der Waals surface area contributed by atoms with Crippen LogP contribution < -0.4 is 10.5 Å². The average Bonchev–Trinajstić information content (AvgIpc) is 2.47. The summed E-state index contributed by atoms with van der Waals surface area (Å²) in [6.07, 6.45) is 2.36. The second-order valence-corrected chi connectivity index (χ2v) is 3.70. The molecule has 0 bridgehead atoms. The van der Waals surface area contributed by atoms with Crippen LogP contribution in [0.2, 0.25) is 0 Å². The van der Waals surface area contributed by atoms with Crippen LogP contribution in [0, 0.1) is 15.9 Å². The van der Waals surface area contributed by atoms with Gasteiger partial charge in [0, 0.05) is 12.1 Å². The van der Waals surface area contributed by atoms with Crippen molar-refractivity contribution in [2.75, 3.05) is 0 Å². The molecule has 9 nitrogen and oxygen atoms in total. The van der Waals surface area contributed by atoms with Gasteiger partial charge in [-0.2, -0.15) is 4.39 Å². The van der Waals surface area contributed by atoms with Crippen LogP contribution in [0.1, 0.15) is 5.69 Å². The lowest BCUT2D eigenvalue weighted by atomic mass is 10.3. The van der Waals surface area contributed by atoms with E-state index in [-0.39, 0.29) is 23.2 Å². The molecule has 0 amide bonds. The molecule has 21 heavy (non-hydrogen) atoms. The van der Waals surface area contributed by atoms with Gasteiger partial charge in [-0.15, -0.1) is 0 Å². The van der Waals surface area contributed by atoms with Crippen molar-refractivity contribution in [2.24, 2.45) is 10.9 Å². The summed E-state index contributed by atoms with van der Waals surface area (Å²) in [5.74, 6) is -1.23. The highest BCUT2D eigenvalue weighted by Gasteiger charge is 2.14. The van der Waals surface area contributed by atoms with E-state index in [9.17, 15) is 14.5 Å². The van der Waals surface area contributed by atoms with Gasteiger partial charge in [-0.05, 0) is 6.07 Å². The summed E-state index contributed by atoms with van der Waals surface area (Å²) < 4.78 is 18.6. The number of nitro groups is 1. The molecule has 0 saturated heterocycles. The van der Waals surface area contributed by atoms with E-state index < -0.39 is 16.4 Å². The minimum atomic E-state index is -1.03. The highest BCUT2D eigenvalue weighted by molar-refractivity contribution is 5.94. The van der Waals surface area contributed by atoms with Crippen molar-refractivity contribution in [1.29, 1.82) is 0 Å². The molecule has 0 aliphatic carbocycles. The number of amidine groups is 1. The van der Waals surface area contributed by atoms with Gasteiger partial charge in [-0.1, -0.05) is 5.16 Å². The Kier molecular flexibility index (Phi) is 3.88. The summed E-state index contributed by atoms with van der Waals surface area (Å²) in [5.41, 5.74) is 4.77. The fraction of sp³-hybridized carbons (Fsp3) is 0. The van der Waals surface area contributed by atoms with Gasteiger partial charge in [-0.3, -0.25) is 10.1 Å². The molecule has 0 aliphatic heterocycles. The summed E-state index contributed by atoms with van der Waals surface area (Å²) in [4.78, 5) is 17.3. The summed E-state index contributed by atoms with van der Waals surface area (Å²) in [6.45, 7) is 0. The number of aromatic nitrogens is 2. The number of nitrogens with two attached hydrogens (primary N) is 1. The van der Waals surface area contributed by atoms with Crippen LogP contribution >= 0.6 is 0 Å². The highest BCUT2D eigenvalue weighted by atomic mass is 19.1. The summed E-state index contributed by atoms with van der Waals surface area (Å²) >= 11 is 0. The Labute approximate surface area is 116 Å². The summed E-state index contributed by atoms with van der Waals surface area (Å²) in [5, 5.41) is 21.7. The largest absolute Gasteiger partial charge is 0.437 e. The number of oxime groups is 1. The summed E-state index contributed by atoms with van der Waals surface area (Å²) in [7, 11) is 0. The SMILES string of the molecule is NC(=NO)c1cnc(Oc2ccc([N+](=O)[O-])c(F)c2)cn1. The average molecular weight is 293 g/mol. The molecule has 10 heteroatoms. The van der Waals surface area contributed by atoms with Crippen molar-refractivity contribution in [3.63, 3.8) is 0 Å². The maximum Gasteiger partial charge on any atom is 0.305 e. The van der Waals surface area contributed by atoms with Crippen LogP contribution in [-0.4, -0.2) is 25.9 Å². The Morgan fingerprint density at radius 3 is 2.71 bits per heavy atom. The third-order valence-electron chi connectivity index (χ3n) is 2.34. The van der Waals surface area contributed by atoms with Crippen LogP contribution in [0.15, 0.2) is 35.7 Å². The number of ether oxygens (including phenoxy) is 1. The zero-order valence-electron chi connectivity index (χ0n) is 10.3. The van der Waals surface area contributed by atoms with E-state index in [4.69, 9.17) is 15.7 Å². The molecule has 0 aliphatic rings. The maximum atomic E-state index is 13.4. The minimum absolute atomic E-state index is 0.0118. The first-order valence-electron chi connectivity index (χ1n) is 5.43. The van der Waals surface area contributed by atoms with Crippen molar-refractivity contribution in [3.8, 4) is 11.6 Å². The first-order chi connectivity index (χ1) is 10.0. The smallest absolute Gasteiger partial charge is 0.305 e. The Hall–Kier alpha value is -3.30. The molecule has 0 fully saturated rings. The quantitative estimate of drug-likeness (QED) is 0.286. The van der Waals surface area contributed by atoms with Gasteiger partial charge >= 0.3 is 5.69 Å². The molecule has 1 heterocycles. The number of halogens is 1. The standard InChI is InChI=1S/C11H8FN5O4/c12-7-3-6(1-2-9(7)17(19)20)21-10-5-14-8(4-15-10)11(13)16-18/h1-5,18H,(H2,13,16). The van der Waals surface area contributed by atoms with Crippen molar-refractivity contribution in [3.05, 3.63) is 52.2 Å². The van der Waals surface area contributed by atoms with E-state index in [1.54, 1.807) is 0 Å². The van der Waals surface area contributed by atoms with Crippen LogP contribution in [0.25, 0.3) is 0 Å². The van der Waals surface area contributed by atoms with Gasteiger partial charge in [0.25, 0.3) is 0 Å². The molecule has 1 aromatic heterocycles. The van der Waals surface area contributed by atoms with E-state index in [0.717, 1.165) is 12.1 Å². The Morgan fingerprint density at radius 1 is 1.43 bits per heavy atom. The number of benzene rings is 1. The number of rotatable bonds is 4. The molecule has 1 aromatic carbocycles. The first kappa shape index (κ1) is 14.1. The lowest BCUT2D eigenvalue weighted by Gasteiger charge is -2.05. The molecule has 0 unspecified atom stereocenters. The molecule has 3 N–H and O–H groups in total. The Balaban J connectivity index is 2.19. The molecule has 0 spiro atoms. The fourth-order valence-corrected chi connectivity index (χ4v) is 1.37. The van der Waals surface area contributed by atoms with Crippen molar-refractivity contribution >= 4 is 11.5 Å². The molecular weight excluding hydrogens is 285 g/mol. The topological polar surface area (TPSA) is 137 Å². The molecule has 2 aromatic rings. The second-order valence-electron chi connectivity index (χ2n) is 3.70. The molecule has 108 valence electrons. The fourth-order valence-electron chi connectivity index (χ4n) is 1.37. The van der Waals surface area contributed by atoms with Crippen molar-refractivity contribution < 1.29 is 19.3 Å².